The normalized spacial score (nSPS) is 15.5. The zero-order valence-corrected chi connectivity index (χ0v) is 14.4. The van der Waals surface area contributed by atoms with Crippen molar-refractivity contribution < 1.29 is 4.74 Å². The van der Waals surface area contributed by atoms with Gasteiger partial charge in [-0.3, -0.25) is 0 Å². The predicted octanol–water partition coefficient (Wildman–Crippen LogP) is 2.27. The fourth-order valence-electron chi connectivity index (χ4n) is 3.02. The van der Waals surface area contributed by atoms with Gasteiger partial charge in [-0.05, 0) is 37.7 Å². The van der Waals surface area contributed by atoms with Gasteiger partial charge in [-0.25, -0.2) is 9.97 Å². The Balaban J connectivity index is 1.83. The smallest absolute Gasteiger partial charge is 0.155 e. The number of nitrogen functional groups attached to an aromatic ring is 1. The highest BCUT2D eigenvalue weighted by Gasteiger charge is 2.20. The average Bonchev–Trinajstić information content (AvgIpc) is 2.63. The molecule has 0 bridgehead atoms. The van der Waals surface area contributed by atoms with Crippen LogP contribution in [-0.4, -0.2) is 54.2 Å². The molecule has 1 aromatic heterocycles. The Bertz CT molecular complexity index is 666. The second-order valence-electron chi connectivity index (χ2n) is 5.84. The molecule has 1 fully saturated rings. The lowest BCUT2D eigenvalue weighted by Gasteiger charge is -2.35. The van der Waals surface area contributed by atoms with Crippen LogP contribution in [0.4, 0.5) is 11.5 Å². The fourth-order valence-corrected chi connectivity index (χ4v) is 3.02. The van der Waals surface area contributed by atoms with E-state index < -0.39 is 0 Å². The summed E-state index contributed by atoms with van der Waals surface area (Å²) in [6.45, 7) is 9.87. The lowest BCUT2D eigenvalue weighted by molar-refractivity contribution is 0.270. The number of aromatic nitrogens is 2. The lowest BCUT2D eigenvalue weighted by Crippen LogP contribution is -2.46. The van der Waals surface area contributed by atoms with Gasteiger partial charge < -0.3 is 20.3 Å². The summed E-state index contributed by atoms with van der Waals surface area (Å²) in [4.78, 5) is 13.5. The molecule has 0 amide bonds. The molecule has 0 saturated carbocycles. The Morgan fingerprint density at radius 2 is 1.75 bits per heavy atom. The molecule has 0 spiro atoms. The molecular weight excluding hydrogens is 302 g/mol. The third kappa shape index (κ3) is 3.43. The van der Waals surface area contributed by atoms with E-state index in [2.05, 4.69) is 26.7 Å². The minimum atomic E-state index is 0.645. The first kappa shape index (κ1) is 16.5. The van der Waals surface area contributed by atoms with Crippen molar-refractivity contribution in [2.75, 3.05) is 50.0 Å². The highest BCUT2D eigenvalue weighted by Crippen LogP contribution is 2.31. The molecule has 1 saturated heterocycles. The molecule has 128 valence electrons. The van der Waals surface area contributed by atoms with Crippen LogP contribution in [0.3, 0.4) is 0 Å². The average molecular weight is 327 g/mol. The van der Waals surface area contributed by atoms with Crippen molar-refractivity contribution in [3.05, 3.63) is 30.6 Å². The van der Waals surface area contributed by atoms with E-state index in [0.717, 1.165) is 55.5 Å². The maximum absolute atomic E-state index is 6.40. The molecule has 2 aromatic rings. The van der Waals surface area contributed by atoms with Crippen LogP contribution < -0.4 is 15.4 Å². The van der Waals surface area contributed by atoms with Crippen LogP contribution in [0.1, 0.15) is 13.8 Å². The largest absolute Gasteiger partial charge is 0.494 e. The van der Waals surface area contributed by atoms with Gasteiger partial charge in [-0.1, -0.05) is 6.92 Å². The molecule has 0 aliphatic carbocycles. The molecule has 2 N–H and O–H groups in total. The Morgan fingerprint density at radius 1 is 1.04 bits per heavy atom. The third-order valence-corrected chi connectivity index (χ3v) is 4.42. The minimum Gasteiger partial charge on any atom is -0.494 e. The van der Waals surface area contributed by atoms with E-state index in [1.807, 2.05) is 31.2 Å². The van der Waals surface area contributed by atoms with Crippen LogP contribution in [0.2, 0.25) is 0 Å². The first-order chi connectivity index (χ1) is 11.7. The van der Waals surface area contributed by atoms with Gasteiger partial charge in [-0.15, -0.1) is 0 Å². The number of nitrogens with two attached hydrogens (primary N) is 1. The van der Waals surface area contributed by atoms with Gasteiger partial charge in [0, 0.05) is 31.7 Å². The highest BCUT2D eigenvalue weighted by atomic mass is 16.5. The number of anilines is 2. The molecule has 0 atom stereocenters. The van der Waals surface area contributed by atoms with E-state index in [1.165, 1.54) is 0 Å². The van der Waals surface area contributed by atoms with Gasteiger partial charge >= 0.3 is 0 Å². The third-order valence-electron chi connectivity index (χ3n) is 4.42. The van der Waals surface area contributed by atoms with Gasteiger partial charge in [0.15, 0.2) is 5.82 Å². The van der Waals surface area contributed by atoms with E-state index in [0.29, 0.717) is 12.3 Å². The summed E-state index contributed by atoms with van der Waals surface area (Å²) in [5, 5.41) is 0. The number of likely N-dealkylation sites (N-methyl/N-ethyl adjacent to an activating group) is 1. The molecule has 0 unspecified atom stereocenters. The van der Waals surface area contributed by atoms with Crippen LogP contribution in [0, 0.1) is 0 Å². The van der Waals surface area contributed by atoms with Crippen LogP contribution in [0.25, 0.3) is 11.3 Å². The van der Waals surface area contributed by atoms with E-state index in [1.54, 1.807) is 6.33 Å². The Morgan fingerprint density at radius 3 is 2.38 bits per heavy atom. The van der Waals surface area contributed by atoms with Crippen LogP contribution >= 0.6 is 0 Å². The fraction of sp³-hybridized carbons (Fsp3) is 0.444. The summed E-state index contributed by atoms with van der Waals surface area (Å²) >= 11 is 0. The number of rotatable bonds is 5. The quantitative estimate of drug-likeness (QED) is 0.908. The number of hydrogen-bond acceptors (Lipinski definition) is 6. The number of hydrogen-bond donors (Lipinski definition) is 1. The number of piperazine rings is 1. The van der Waals surface area contributed by atoms with E-state index in [9.17, 15) is 0 Å². The summed E-state index contributed by atoms with van der Waals surface area (Å²) in [5.41, 5.74) is 8.80. The number of nitrogens with zero attached hydrogens (tertiary/aromatic N) is 4. The Kier molecular flexibility index (Phi) is 5.15. The molecule has 6 nitrogen and oxygen atoms in total. The maximum Gasteiger partial charge on any atom is 0.155 e. The predicted molar refractivity (Wildman–Crippen MR) is 97.4 cm³/mol. The first-order valence-electron chi connectivity index (χ1n) is 8.54. The minimum absolute atomic E-state index is 0.645. The van der Waals surface area contributed by atoms with Crippen LogP contribution in [0.5, 0.6) is 5.75 Å². The van der Waals surface area contributed by atoms with Crippen molar-refractivity contribution in [1.82, 2.24) is 14.9 Å². The Labute approximate surface area is 143 Å². The topological polar surface area (TPSA) is 67.5 Å². The van der Waals surface area contributed by atoms with Gasteiger partial charge in [0.1, 0.15) is 17.8 Å². The Hall–Kier alpha value is -2.34. The second-order valence-corrected chi connectivity index (χ2v) is 5.84. The molecule has 3 rings (SSSR count). The SMILES string of the molecule is CCOc1ccc(-c2ncnc(N3CCN(CC)CC3)c2N)cc1. The molecule has 24 heavy (non-hydrogen) atoms. The number of ether oxygens (including phenoxy) is 1. The standard InChI is InChI=1S/C18H25N5O/c1-3-22-9-11-23(12-10-22)18-16(19)17(20-13-21-18)14-5-7-15(8-6-14)24-4-2/h5-8,13H,3-4,9-12,19H2,1-2H3. The van der Waals surface area contributed by atoms with Crippen molar-refractivity contribution >= 4 is 11.5 Å². The molecule has 1 aromatic carbocycles. The van der Waals surface area contributed by atoms with E-state index in [-0.39, 0.29) is 0 Å². The van der Waals surface area contributed by atoms with E-state index in [4.69, 9.17) is 10.5 Å². The van der Waals surface area contributed by atoms with Crippen LogP contribution in [-0.2, 0) is 0 Å². The van der Waals surface area contributed by atoms with Gasteiger partial charge in [0.2, 0.25) is 0 Å². The van der Waals surface area contributed by atoms with Crippen molar-refractivity contribution in [3.8, 4) is 17.0 Å². The van der Waals surface area contributed by atoms with E-state index >= 15 is 0 Å². The zero-order valence-electron chi connectivity index (χ0n) is 14.4. The molecule has 1 aliphatic rings. The molecule has 2 heterocycles. The maximum atomic E-state index is 6.40. The monoisotopic (exact) mass is 327 g/mol. The van der Waals surface area contributed by atoms with Crippen molar-refractivity contribution in [1.29, 1.82) is 0 Å². The summed E-state index contributed by atoms with van der Waals surface area (Å²) < 4.78 is 5.49. The van der Waals surface area contributed by atoms with Crippen molar-refractivity contribution in [2.45, 2.75) is 13.8 Å². The highest BCUT2D eigenvalue weighted by molar-refractivity contribution is 5.80. The van der Waals surface area contributed by atoms with Gasteiger partial charge in [0.25, 0.3) is 0 Å². The van der Waals surface area contributed by atoms with Crippen molar-refractivity contribution in [3.63, 3.8) is 0 Å². The molecular formula is C18H25N5O. The lowest BCUT2D eigenvalue weighted by atomic mass is 10.1. The molecule has 6 heteroatoms. The van der Waals surface area contributed by atoms with Crippen molar-refractivity contribution in [2.24, 2.45) is 0 Å². The first-order valence-corrected chi connectivity index (χ1v) is 8.54. The number of benzene rings is 1. The summed E-state index contributed by atoms with van der Waals surface area (Å²) in [5.74, 6) is 1.69. The summed E-state index contributed by atoms with van der Waals surface area (Å²) in [6, 6.07) is 7.87. The van der Waals surface area contributed by atoms with Gasteiger partial charge in [-0.2, -0.15) is 0 Å². The summed E-state index contributed by atoms with van der Waals surface area (Å²) in [7, 11) is 0. The summed E-state index contributed by atoms with van der Waals surface area (Å²) in [6.07, 6.45) is 1.60. The molecule has 0 radical (unpaired) electrons. The van der Waals surface area contributed by atoms with Gasteiger partial charge in [0.05, 0.1) is 12.3 Å². The second kappa shape index (κ2) is 7.49. The molecule has 1 aliphatic heterocycles. The zero-order chi connectivity index (χ0) is 16.9. The van der Waals surface area contributed by atoms with Crippen LogP contribution in [0.15, 0.2) is 30.6 Å².